The second-order valence-corrected chi connectivity index (χ2v) is 10.6. The Morgan fingerprint density at radius 1 is 0.364 bits per heavy atom. The van der Waals surface area contributed by atoms with Crippen LogP contribution in [-0.4, -0.2) is 22.7 Å². The van der Waals surface area contributed by atoms with Gasteiger partial charge in [-0.15, -0.1) is 0 Å². The van der Waals surface area contributed by atoms with Gasteiger partial charge in [0, 0.05) is 0 Å². The maximum absolute atomic E-state index is 10.0. The van der Waals surface area contributed by atoms with Crippen LogP contribution in [-0.2, 0) is 0 Å². The van der Waals surface area contributed by atoms with Gasteiger partial charge in [0.15, 0.2) is 0 Å². The molecule has 3 nitrogen and oxygen atoms in total. The Kier molecular flexibility index (Phi) is 28.0. The van der Waals surface area contributed by atoms with Crippen molar-refractivity contribution >= 4 is 0 Å². The molecule has 33 heavy (non-hydrogen) atoms. The molecule has 0 amide bonds. The van der Waals surface area contributed by atoms with Crippen LogP contribution in [0.2, 0.25) is 0 Å². The van der Waals surface area contributed by atoms with Crippen LogP contribution in [0.3, 0.4) is 0 Å². The predicted molar refractivity (Wildman–Crippen MR) is 147 cm³/mol. The number of hydrogen-bond donors (Lipinski definition) is 3. The number of unbranched alkanes of at least 4 members (excludes halogenated alkanes) is 22. The first kappa shape index (κ1) is 32.9. The summed E-state index contributed by atoms with van der Waals surface area (Å²) in [5.74, 6) is 0. The van der Waals surface area contributed by atoms with Gasteiger partial charge >= 0.3 is 0 Å². The van der Waals surface area contributed by atoms with Gasteiger partial charge in [-0.25, -0.2) is 0 Å². The van der Waals surface area contributed by atoms with Crippen LogP contribution in [0.5, 0.6) is 0 Å². The van der Waals surface area contributed by atoms with E-state index in [0.717, 1.165) is 25.7 Å². The van der Waals surface area contributed by atoms with Gasteiger partial charge in [0.2, 0.25) is 0 Å². The molecule has 0 aliphatic rings. The van der Waals surface area contributed by atoms with E-state index >= 15 is 0 Å². The van der Waals surface area contributed by atoms with Gasteiger partial charge < -0.3 is 10.2 Å². The molecular weight excluding hydrogens is 406 g/mol. The predicted octanol–water partition coefficient (Wildman–Crippen LogP) is 9.40. The van der Waals surface area contributed by atoms with Crippen molar-refractivity contribution in [1.82, 2.24) is 5.32 Å². The van der Waals surface area contributed by atoms with Gasteiger partial charge in [0.1, 0.15) is 12.5 Å². The van der Waals surface area contributed by atoms with Crippen LogP contribution in [0.4, 0.5) is 0 Å². The monoisotopic (exact) mass is 469 g/mol. The van der Waals surface area contributed by atoms with Gasteiger partial charge in [-0.05, 0) is 25.7 Å². The Labute approximate surface area is 208 Å². The molecule has 0 saturated heterocycles. The summed E-state index contributed by atoms with van der Waals surface area (Å²) in [4.78, 5) is 0. The number of hydrogen-bond acceptors (Lipinski definition) is 3. The molecule has 0 heterocycles. The Morgan fingerprint density at radius 3 is 0.818 bits per heavy atom. The first-order valence-electron chi connectivity index (χ1n) is 15.3. The van der Waals surface area contributed by atoms with E-state index in [1.807, 2.05) is 0 Å². The van der Waals surface area contributed by atoms with E-state index in [1.54, 1.807) is 0 Å². The van der Waals surface area contributed by atoms with E-state index < -0.39 is 12.5 Å². The van der Waals surface area contributed by atoms with Crippen molar-refractivity contribution < 1.29 is 10.2 Å². The molecule has 0 aromatic carbocycles. The van der Waals surface area contributed by atoms with Gasteiger partial charge in [0.05, 0.1) is 0 Å². The molecule has 0 aromatic rings. The van der Waals surface area contributed by atoms with Crippen molar-refractivity contribution in [1.29, 1.82) is 0 Å². The molecule has 2 unspecified atom stereocenters. The molecule has 0 saturated carbocycles. The molecule has 0 rings (SSSR count). The normalized spacial score (nSPS) is 13.5. The number of rotatable bonds is 28. The van der Waals surface area contributed by atoms with Crippen LogP contribution in [0.1, 0.15) is 181 Å². The van der Waals surface area contributed by atoms with Crippen molar-refractivity contribution in [3.63, 3.8) is 0 Å². The zero-order valence-corrected chi connectivity index (χ0v) is 22.9. The number of nitrogens with one attached hydrogen (secondary N) is 1. The largest absolute Gasteiger partial charge is 0.379 e. The van der Waals surface area contributed by atoms with Crippen LogP contribution >= 0.6 is 0 Å². The van der Waals surface area contributed by atoms with Crippen LogP contribution in [0.25, 0.3) is 0 Å². The summed E-state index contributed by atoms with van der Waals surface area (Å²) in [5.41, 5.74) is 0. The fraction of sp³-hybridized carbons (Fsp3) is 1.00. The summed E-state index contributed by atoms with van der Waals surface area (Å²) in [6.07, 6.45) is 32.7. The molecule has 0 aromatic heterocycles. The molecule has 2 atom stereocenters. The molecule has 3 N–H and O–H groups in total. The highest BCUT2D eigenvalue weighted by Gasteiger charge is 2.09. The van der Waals surface area contributed by atoms with Crippen molar-refractivity contribution in [2.45, 2.75) is 193 Å². The molecule has 0 bridgehead atoms. The lowest BCUT2D eigenvalue weighted by molar-refractivity contribution is 0.0310. The Balaban J connectivity index is 3.20. The number of aliphatic hydroxyl groups is 2. The highest BCUT2D eigenvalue weighted by atomic mass is 16.3. The third kappa shape index (κ3) is 28.0. The SMILES string of the molecule is CCCCCCCCCCCCCCCCCCCCCC(O)NC(O)CCCCCCC. The van der Waals surface area contributed by atoms with Crippen LogP contribution in [0, 0.1) is 0 Å². The lowest BCUT2D eigenvalue weighted by Gasteiger charge is -2.18. The summed E-state index contributed by atoms with van der Waals surface area (Å²) in [5, 5.41) is 22.9. The van der Waals surface area contributed by atoms with E-state index in [0.29, 0.717) is 0 Å². The van der Waals surface area contributed by atoms with Crippen LogP contribution in [0.15, 0.2) is 0 Å². The highest BCUT2D eigenvalue weighted by molar-refractivity contribution is 4.59. The molecule has 0 fully saturated rings. The maximum atomic E-state index is 10.0. The minimum atomic E-state index is -0.554. The zero-order valence-electron chi connectivity index (χ0n) is 22.9. The standard InChI is InChI=1S/C30H63NO2/c1-3-5-7-9-10-11-12-13-14-15-16-17-18-19-20-21-22-24-26-28-30(33)31-29(32)27-25-23-8-6-4-2/h29-33H,3-28H2,1-2H3. The Hall–Kier alpha value is -0.120. The second kappa shape index (κ2) is 28.1. The first-order valence-corrected chi connectivity index (χ1v) is 15.3. The summed E-state index contributed by atoms with van der Waals surface area (Å²) >= 11 is 0. The maximum Gasteiger partial charge on any atom is 0.106 e. The van der Waals surface area contributed by atoms with E-state index in [1.165, 1.54) is 141 Å². The average molecular weight is 470 g/mol. The molecule has 3 heteroatoms. The van der Waals surface area contributed by atoms with E-state index in [2.05, 4.69) is 19.2 Å². The quantitative estimate of drug-likeness (QED) is 0.0790. The average Bonchev–Trinajstić information content (AvgIpc) is 2.80. The lowest BCUT2D eigenvalue weighted by Crippen LogP contribution is -2.38. The van der Waals surface area contributed by atoms with E-state index in [4.69, 9.17) is 0 Å². The summed E-state index contributed by atoms with van der Waals surface area (Å²) < 4.78 is 0. The second-order valence-electron chi connectivity index (χ2n) is 10.6. The highest BCUT2D eigenvalue weighted by Crippen LogP contribution is 2.15. The van der Waals surface area contributed by atoms with Crippen molar-refractivity contribution in [2.24, 2.45) is 0 Å². The summed E-state index contributed by atoms with van der Waals surface area (Å²) in [7, 11) is 0. The minimum absolute atomic E-state index is 0.554. The van der Waals surface area contributed by atoms with Gasteiger partial charge in [0.25, 0.3) is 0 Å². The van der Waals surface area contributed by atoms with Gasteiger partial charge in [-0.2, -0.15) is 0 Å². The first-order chi connectivity index (χ1) is 16.2. The summed E-state index contributed by atoms with van der Waals surface area (Å²) in [6.45, 7) is 4.51. The summed E-state index contributed by atoms with van der Waals surface area (Å²) in [6, 6.07) is 0. The van der Waals surface area contributed by atoms with Gasteiger partial charge in [-0.1, -0.05) is 155 Å². The van der Waals surface area contributed by atoms with Crippen molar-refractivity contribution in [2.75, 3.05) is 0 Å². The third-order valence-electron chi connectivity index (χ3n) is 7.05. The number of aliphatic hydroxyl groups excluding tert-OH is 2. The Morgan fingerprint density at radius 2 is 0.576 bits per heavy atom. The third-order valence-corrected chi connectivity index (χ3v) is 7.05. The topological polar surface area (TPSA) is 52.5 Å². The Bertz CT molecular complexity index is 350. The van der Waals surface area contributed by atoms with E-state index in [-0.39, 0.29) is 0 Å². The minimum Gasteiger partial charge on any atom is -0.379 e. The van der Waals surface area contributed by atoms with Crippen molar-refractivity contribution in [3.8, 4) is 0 Å². The van der Waals surface area contributed by atoms with Crippen molar-refractivity contribution in [3.05, 3.63) is 0 Å². The molecule has 0 spiro atoms. The molecule has 0 aliphatic heterocycles. The zero-order chi connectivity index (χ0) is 24.2. The fourth-order valence-corrected chi connectivity index (χ4v) is 4.75. The molecule has 0 radical (unpaired) electrons. The lowest BCUT2D eigenvalue weighted by atomic mass is 10.0. The van der Waals surface area contributed by atoms with E-state index in [9.17, 15) is 10.2 Å². The van der Waals surface area contributed by atoms with Gasteiger partial charge in [-0.3, -0.25) is 5.32 Å². The smallest absolute Gasteiger partial charge is 0.106 e. The van der Waals surface area contributed by atoms with Crippen LogP contribution < -0.4 is 5.32 Å². The molecule has 0 aliphatic carbocycles. The molecular formula is C30H63NO2. The fourth-order valence-electron chi connectivity index (χ4n) is 4.75. The molecule has 200 valence electrons.